The topological polar surface area (TPSA) is 107 Å². The van der Waals surface area contributed by atoms with Crippen molar-refractivity contribution < 1.29 is 36.3 Å². The van der Waals surface area contributed by atoms with Gasteiger partial charge in [-0.15, -0.1) is 0 Å². The molecule has 0 saturated heterocycles. The van der Waals surface area contributed by atoms with Crippen molar-refractivity contribution in [3.8, 4) is 5.75 Å². The molecule has 0 saturated carbocycles. The molecule has 5 N–H and O–H groups in total. The molecular weight excluding hydrogens is 305 g/mol. The number of carbonyl (C=O) groups excluding carboxylic acids is 2. The van der Waals surface area contributed by atoms with E-state index in [1.807, 2.05) is 0 Å². The largest absolute Gasteiger partial charge is 0.483 e. The first-order valence-corrected chi connectivity index (χ1v) is 5.08. The number of nitrogens with two attached hydrogens (primary N) is 2. The van der Waals surface area contributed by atoms with Crippen molar-refractivity contribution in [3.05, 3.63) is 29.3 Å². The highest BCUT2D eigenvalue weighted by molar-refractivity contribution is 5.93. The molecule has 21 heavy (non-hydrogen) atoms. The third-order valence-corrected chi connectivity index (χ3v) is 2.20. The maximum atomic E-state index is 13.2. The SMILES string of the molecule is NNC(=O)C(F)(F)Oc1ccc(C(N)=O)cc1C(F)(F)F. The van der Waals surface area contributed by atoms with Crippen LogP contribution in [0.2, 0.25) is 0 Å². The van der Waals surface area contributed by atoms with Crippen molar-refractivity contribution in [2.24, 2.45) is 11.6 Å². The van der Waals surface area contributed by atoms with Crippen LogP contribution in [0.4, 0.5) is 22.0 Å². The molecule has 0 fully saturated rings. The highest BCUT2D eigenvalue weighted by atomic mass is 19.4. The van der Waals surface area contributed by atoms with Gasteiger partial charge in [-0.1, -0.05) is 0 Å². The molecule has 1 rings (SSSR count). The summed E-state index contributed by atoms with van der Waals surface area (Å²) in [6.45, 7) is 0. The summed E-state index contributed by atoms with van der Waals surface area (Å²) < 4.78 is 68.3. The average molecular weight is 313 g/mol. The second-order valence-corrected chi connectivity index (χ2v) is 3.67. The number of primary amides is 1. The van der Waals surface area contributed by atoms with Gasteiger partial charge >= 0.3 is 18.2 Å². The lowest BCUT2D eigenvalue weighted by Gasteiger charge is -2.19. The summed E-state index contributed by atoms with van der Waals surface area (Å²) in [5, 5.41) is 0. The summed E-state index contributed by atoms with van der Waals surface area (Å²) in [6.07, 6.45) is -9.75. The van der Waals surface area contributed by atoms with Gasteiger partial charge in [0.25, 0.3) is 0 Å². The Hall–Kier alpha value is -2.43. The number of hydrazine groups is 1. The molecule has 116 valence electrons. The number of ether oxygens (including phenoxy) is 1. The van der Waals surface area contributed by atoms with E-state index >= 15 is 0 Å². The normalized spacial score (nSPS) is 11.9. The van der Waals surface area contributed by atoms with E-state index in [-0.39, 0.29) is 6.07 Å². The minimum Gasteiger partial charge on any atom is -0.425 e. The zero-order valence-electron chi connectivity index (χ0n) is 10.0. The van der Waals surface area contributed by atoms with Gasteiger partial charge in [0.15, 0.2) is 0 Å². The first kappa shape index (κ1) is 16.6. The number of halogens is 5. The quantitative estimate of drug-likeness (QED) is 0.330. The minimum absolute atomic E-state index is 0.230. The Morgan fingerprint density at radius 2 is 1.71 bits per heavy atom. The van der Waals surface area contributed by atoms with Crippen LogP contribution in [-0.2, 0) is 11.0 Å². The van der Waals surface area contributed by atoms with Gasteiger partial charge in [0.05, 0.1) is 5.56 Å². The molecule has 0 spiro atoms. The molecule has 11 heteroatoms. The summed E-state index contributed by atoms with van der Waals surface area (Å²) in [5.74, 6) is -0.243. The van der Waals surface area contributed by atoms with Gasteiger partial charge in [0.2, 0.25) is 5.91 Å². The maximum Gasteiger partial charge on any atom is 0.483 e. The number of rotatable bonds is 4. The molecule has 2 amide bonds. The van der Waals surface area contributed by atoms with E-state index in [4.69, 9.17) is 5.73 Å². The van der Waals surface area contributed by atoms with Gasteiger partial charge in [0.1, 0.15) is 5.75 Å². The second kappa shape index (κ2) is 5.52. The Balaban J connectivity index is 3.30. The number of nitrogens with one attached hydrogen (secondary N) is 1. The van der Waals surface area contributed by atoms with Crippen LogP contribution in [0.3, 0.4) is 0 Å². The fourth-order valence-corrected chi connectivity index (χ4v) is 1.26. The van der Waals surface area contributed by atoms with Crippen molar-refractivity contribution in [2.45, 2.75) is 12.3 Å². The zero-order chi connectivity index (χ0) is 16.4. The van der Waals surface area contributed by atoms with E-state index < -0.39 is 41.0 Å². The molecule has 0 heterocycles. The van der Waals surface area contributed by atoms with Crippen molar-refractivity contribution >= 4 is 11.8 Å². The lowest BCUT2D eigenvalue weighted by Crippen LogP contribution is -2.47. The molecule has 0 aliphatic carbocycles. The van der Waals surface area contributed by atoms with Gasteiger partial charge in [-0.25, -0.2) is 5.84 Å². The van der Waals surface area contributed by atoms with E-state index in [0.29, 0.717) is 6.07 Å². The summed E-state index contributed by atoms with van der Waals surface area (Å²) in [7, 11) is 0. The minimum atomic E-state index is -5.12. The van der Waals surface area contributed by atoms with Gasteiger partial charge in [0, 0.05) is 5.56 Å². The predicted octanol–water partition coefficient (Wildman–Crippen LogP) is 0.766. The Labute approximate surface area is 113 Å². The molecule has 1 aromatic carbocycles. The van der Waals surface area contributed by atoms with E-state index in [1.54, 1.807) is 0 Å². The third-order valence-electron chi connectivity index (χ3n) is 2.20. The van der Waals surface area contributed by atoms with Crippen LogP contribution in [0.25, 0.3) is 0 Å². The van der Waals surface area contributed by atoms with Crippen molar-refractivity contribution in [2.75, 3.05) is 0 Å². The van der Waals surface area contributed by atoms with E-state index in [0.717, 1.165) is 11.5 Å². The van der Waals surface area contributed by atoms with E-state index in [9.17, 15) is 31.5 Å². The number of carbonyl (C=O) groups is 2. The zero-order valence-corrected chi connectivity index (χ0v) is 10.0. The van der Waals surface area contributed by atoms with Gasteiger partial charge in [-0.05, 0) is 18.2 Å². The molecule has 0 unspecified atom stereocenters. The van der Waals surface area contributed by atoms with Crippen molar-refractivity contribution in [1.82, 2.24) is 5.43 Å². The highest BCUT2D eigenvalue weighted by Gasteiger charge is 2.44. The number of benzene rings is 1. The van der Waals surface area contributed by atoms with Crippen molar-refractivity contribution in [3.63, 3.8) is 0 Å². The smallest absolute Gasteiger partial charge is 0.425 e. The predicted molar refractivity (Wildman–Crippen MR) is 57.9 cm³/mol. The average Bonchev–Trinajstić information content (AvgIpc) is 2.36. The van der Waals surface area contributed by atoms with Gasteiger partial charge in [-0.2, -0.15) is 22.0 Å². The summed E-state index contributed by atoms with van der Waals surface area (Å²) >= 11 is 0. The maximum absolute atomic E-state index is 13.2. The first-order valence-electron chi connectivity index (χ1n) is 5.08. The van der Waals surface area contributed by atoms with Gasteiger partial charge in [-0.3, -0.25) is 15.0 Å². The van der Waals surface area contributed by atoms with Gasteiger partial charge < -0.3 is 10.5 Å². The Morgan fingerprint density at radius 1 is 1.14 bits per heavy atom. The second-order valence-electron chi connectivity index (χ2n) is 3.67. The monoisotopic (exact) mass is 313 g/mol. The molecule has 1 aromatic rings. The van der Waals surface area contributed by atoms with Crippen LogP contribution in [0.15, 0.2) is 18.2 Å². The standard InChI is InChI=1S/C10H8F5N3O3/c11-9(12,13)5-3-4(7(16)19)1-2-6(5)21-10(14,15)8(20)18-17/h1-3H,17H2,(H2,16,19)(H,18,20). The Morgan fingerprint density at radius 3 is 2.14 bits per heavy atom. The lowest BCUT2D eigenvalue weighted by atomic mass is 10.1. The van der Waals surface area contributed by atoms with E-state index in [1.165, 1.54) is 0 Å². The number of alkyl halides is 5. The van der Waals surface area contributed by atoms with Crippen molar-refractivity contribution in [1.29, 1.82) is 0 Å². The number of hydrogen-bond acceptors (Lipinski definition) is 4. The molecule has 0 aromatic heterocycles. The molecule has 0 aliphatic heterocycles. The fraction of sp³-hybridized carbons (Fsp3) is 0.200. The van der Waals surface area contributed by atoms with Crippen LogP contribution in [0.1, 0.15) is 15.9 Å². The van der Waals surface area contributed by atoms with Crippen LogP contribution in [0.5, 0.6) is 5.75 Å². The van der Waals surface area contributed by atoms with E-state index in [2.05, 4.69) is 10.6 Å². The molecule has 0 aliphatic rings. The Kier molecular flexibility index (Phi) is 4.37. The number of hydrogen-bond donors (Lipinski definition) is 3. The number of amides is 2. The molecule has 6 nitrogen and oxygen atoms in total. The van der Waals surface area contributed by atoms with Crippen LogP contribution in [-0.4, -0.2) is 17.9 Å². The fourth-order valence-electron chi connectivity index (χ4n) is 1.26. The van der Waals surface area contributed by atoms with Crippen LogP contribution < -0.4 is 21.7 Å². The molecular formula is C10H8F5N3O3. The summed E-state index contributed by atoms with van der Waals surface area (Å²) in [4.78, 5) is 21.5. The van der Waals surface area contributed by atoms with Crippen LogP contribution >= 0.6 is 0 Å². The molecule has 0 atom stereocenters. The lowest BCUT2D eigenvalue weighted by molar-refractivity contribution is -0.195. The summed E-state index contributed by atoms with van der Waals surface area (Å²) in [5.41, 5.74) is 3.58. The van der Waals surface area contributed by atoms with Crippen LogP contribution in [0, 0.1) is 0 Å². The summed E-state index contributed by atoms with van der Waals surface area (Å²) in [6, 6.07) is 1.41. The molecule has 0 bridgehead atoms. The molecule has 0 radical (unpaired) electrons. The third kappa shape index (κ3) is 3.78. The first-order chi connectivity index (χ1) is 9.49. The Bertz CT molecular complexity index is 574. The highest BCUT2D eigenvalue weighted by Crippen LogP contribution is 2.38.